The fourth-order valence-corrected chi connectivity index (χ4v) is 3.77. The van der Waals surface area contributed by atoms with Crippen molar-refractivity contribution in [1.82, 2.24) is 10.6 Å². The van der Waals surface area contributed by atoms with Crippen LogP contribution >= 0.6 is 0 Å². The van der Waals surface area contributed by atoms with Crippen LogP contribution in [0, 0.1) is 5.82 Å². The second-order valence-corrected chi connectivity index (χ2v) is 9.35. The molecular weight excluding hydrogens is 475 g/mol. The summed E-state index contributed by atoms with van der Waals surface area (Å²) in [6.45, 7) is 1.76. The largest absolute Gasteiger partial charge is 0.459 e. The summed E-state index contributed by atoms with van der Waals surface area (Å²) in [7, 11) is 0. The molecule has 4 rings (SSSR count). The minimum absolute atomic E-state index is 0.00327. The zero-order valence-corrected chi connectivity index (χ0v) is 20.5. The Morgan fingerprint density at radius 3 is 2.08 bits per heavy atom. The van der Waals surface area contributed by atoms with E-state index in [2.05, 4.69) is 10.6 Å². The summed E-state index contributed by atoms with van der Waals surface area (Å²) < 4.78 is 24.8. The molecule has 8 heteroatoms. The standard InChI is InChI=1S/C29H29FN2O5/c1-29(12-13-29)23-14-22(15-24(30)16-23)26(33)31-17-25(27(34)36-18-20-8-4-2-5-9-20)32-28(35)37-19-21-10-6-3-7-11-21/h2-11,14-16,25H,12-13,17-19H2,1H3,(H,31,33)(H,32,35)/t25-/m1/s1. The number of halogens is 1. The zero-order chi connectivity index (χ0) is 26.3. The van der Waals surface area contributed by atoms with Crippen molar-refractivity contribution in [3.63, 3.8) is 0 Å². The van der Waals surface area contributed by atoms with Crippen molar-refractivity contribution >= 4 is 18.0 Å². The van der Waals surface area contributed by atoms with Crippen LogP contribution in [-0.2, 0) is 32.9 Å². The number of nitrogens with one attached hydrogen (secondary N) is 2. The Kier molecular flexibility index (Phi) is 8.18. The molecule has 1 aliphatic carbocycles. The number of hydrogen-bond acceptors (Lipinski definition) is 5. The van der Waals surface area contributed by atoms with Crippen LogP contribution < -0.4 is 10.6 Å². The molecule has 3 aromatic carbocycles. The smallest absolute Gasteiger partial charge is 0.408 e. The minimum Gasteiger partial charge on any atom is -0.459 e. The lowest BCUT2D eigenvalue weighted by Crippen LogP contribution is -2.49. The van der Waals surface area contributed by atoms with E-state index in [0.717, 1.165) is 35.6 Å². The number of benzene rings is 3. The molecule has 1 atom stereocenters. The Morgan fingerprint density at radius 2 is 1.49 bits per heavy atom. The molecule has 37 heavy (non-hydrogen) atoms. The van der Waals surface area contributed by atoms with Crippen LogP contribution in [0.3, 0.4) is 0 Å². The Morgan fingerprint density at radius 1 is 0.892 bits per heavy atom. The Bertz CT molecular complexity index is 1250. The molecule has 192 valence electrons. The molecule has 1 saturated carbocycles. The van der Waals surface area contributed by atoms with Gasteiger partial charge < -0.3 is 20.1 Å². The van der Waals surface area contributed by atoms with Crippen molar-refractivity contribution < 1.29 is 28.2 Å². The second kappa shape index (κ2) is 11.7. The van der Waals surface area contributed by atoms with Gasteiger partial charge in [-0.2, -0.15) is 0 Å². The van der Waals surface area contributed by atoms with Gasteiger partial charge in [-0.1, -0.05) is 67.6 Å². The van der Waals surface area contributed by atoms with Gasteiger partial charge in [0.1, 0.15) is 25.1 Å². The van der Waals surface area contributed by atoms with Crippen LogP contribution in [0.15, 0.2) is 78.9 Å². The van der Waals surface area contributed by atoms with Crippen molar-refractivity contribution in [2.75, 3.05) is 6.54 Å². The molecule has 0 bridgehead atoms. The molecule has 0 saturated heterocycles. The molecule has 7 nitrogen and oxygen atoms in total. The summed E-state index contributed by atoms with van der Waals surface area (Å²) >= 11 is 0. The number of carbonyl (C=O) groups is 3. The van der Waals surface area contributed by atoms with Gasteiger partial charge in [0.15, 0.2) is 0 Å². The average Bonchev–Trinajstić information content (AvgIpc) is 3.67. The molecular formula is C29H29FN2O5. The maximum absolute atomic E-state index is 14.2. The van der Waals surface area contributed by atoms with Crippen LogP contribution in [0.1, 0.15) is 46.8 Å². The molecule has 2 amide bonds. The van der Waals surface area contributed by atoms with Crippen LogP contribution in [0.2, 0.25) is 0 Å². The maximum atomic E-state index is 14.2. The summed E-state index contributed by atoms with van der Waals surface area (Å²) in [5.41, 5.74) is 2.34. The number of amides is 2. The van der Waals surface area contributed by atoms with E-state index in [-0.39, 0.29) is 30.7 Å². The normalized spacial score (nSPS) is 14.2. The quantitative estimate of drug-likeness (QED) is 0.392. The van der Waals surface area contributed by atoms with E-state index in [9.17, 15) is 18.8 Å². The molecule has 0 spiro atoms. The van der Waals surface area contributed by atoms with Gasteiger partial charge in [-0.3, -0.25) is 4.79 Å². The number of esters is 1. The van der Waals surface area contributed by atoms with Crippen LogP contribution in [-0.4, -0.2) is 30.6 Å². The predicted octanol–water partition coefficient (Wildman–Crippen LogP) is 4.65. The topological polar surface area (TPSA) is 93.7 Å². The Balaban J connectivity index is 1.40. The van der Waals surface area contributed by atoms with Crippen LogP contribution in [0.5, 0.6) is 0 Å². The van der Waals surface area contributed by atoms with Crippen LogP contribution in [0.4, 0.5) is 9.18 Å². The van der Waals surface area contributed by atoms with Crippen molar-refractivity contribution in [2.45, 2.75) is 44.4 Å². The fourth-order valence-electron chi connectivity index (χ4n) is 3.77. The maximum Gasteiger partial charge on any atom is 0.408 e. The van der Waals surface area contributed by atoms with E-state index in [0.29, 0.717) is 0 Å². The zero-order valence-electron chi connectivity index (χ0n) is 20.5. The van der Waals surface area contributed by atoms with E-state index in [4.69, 9.17) is 9.47 Å². The minimum atomic E-state index is -1.22. The lowest BCUT2D eigenvalue weighted by atomic mass is 9.96. The van der Waals surface area contributed by atoms with Crippen molar-refractivity contribution in [2.24, 2.45) is 0 Å². The van der Waals surface area contributed by atoms with Gasteiger partial charge in [-0.25, -0.2) is 14.0 Å². The number of rotatable bonds is 10. The molecule has 0 heterocycles. The van der Waals surface area contributed by atoms with Gasteiger partial charge in [0.05, 0.1) is 0 Å². The summed E-state index contributed by atoms with van der Waals surface area (Å²) in [6, 6.07) is 21.2. The first-order chi connectivity index (χ1) is 17.8. The molecule has 1 aliphatic rings. The average molecular weight is 505 g/mol. The molecule has 0 unspecified atom stereocenters. The first-order valence-electron chi connectivity index (χ1n) is 12.1. The highest BCUT2D eigenvalue weighted by Crippen LogP contribution is 2.47. The van der Waals surface area contributed by atoms with E-state index in [1.54, 1.807) is 30.3 Å². The molecule has 1 fully saturated rings. The molecule has 2 N–H and O–H groups in total. The summed E-state index contributed by atoms with van der Waals surface area (Å²) in [5.74, 6) is -1.81. The monoisotopic (exact) mass is 504 g/mol. The van der Waals surface area contributed by atoms with Gasteiger partial charge in [0, 0.05) is 12.1 Å². The lowest BCUT2D eigenvalue weighted by molar-refractivity contribution is -0.147. The lowest BCUT2D eigenvalue weighted by Gasteiger charge is -2.19. The third kappa shape index (κ3) is 7.39. The fraction of sp³-hybridized carbons (Fsp3) is 0.276. The van der Waals surface area contributed by atoms with E-state index >= 15 is 0 Å². The summed E-state index contributed by atoms with van der Waals surface area (Å²) in [4.78, 5) is 38.1. The highest BCUT2D eigenvalue weighted by Gasteiger charge is 2.39. The Labute approximate surface area is 215 Å². The van der Waals surface area contributed by atoms with Crippen molar-refractivity contribution in [1.29, 1.82) is 0 Å². The third-order valence-corrected chi connectivity index (χ3v) is 6.34. The van der Waals surface area contributed by atoms with Gasteiger partial charge in [0.2, 0.25) is 0 Å². The van der Waals surface area contributed by atoms with Crippen molar-refractivity contribution in [3.05, 3.63) is 107 Å². The highest BCUT2D eigenvalue weighted by atomic mass is 19.1. The molecule has 0 aromatic heterocycles. The van der Waals surface area contributed by atoms with E-state index < -0.39 is 29.8 Å². The SMILES string of the molecule is CC1(c2cc(F)cc(C(=O)NC[C@@H](NC(=O)OCc3ccccc3)C(=O)OCc3ccccc3)c2)CC1. The summed E-state index contributed by atoms with van der Waals surface area (Å²) in [5, 5.41) is 5.07. The third-order valence-electron chi connectivity index (χ3n) is 6.34. The number of carbonyl (C=O) groups excluding carboxylic acids is 3. The van der Waals surface area contributed by atoms with Gasteiger partial charge in [0.25, 0.3) is 5.91 Å². The molecule has 0 aliphatic heterocycles. The summed E-state index contributed by atoms with van der Waals surface area (Å²) in [6.07, 6.45) is 1.03. The molecule has 3 aromatic rings. The first kappa shape index (κ1) is 25.9. The number of alkyl carbamates (subject to hydrolysis) is 1. The van der Waals surface area contributed by atoms with Crippen LogP contribution in [0.25, 0.3) is 0 Å². The number of ether oxygens (including phenoxy) is 2. The number of hydrogen-bond donors (Lipinski definition) is 2. The van der Waals surface area contributed by atoms with Gasteiger partial charge in [-0.05, 0) is 53.1 Å². The van der Waals surface area contributed by atoms with Gasteiger partial charge >= 0.3 is 12.1 Å². The van der Waals surface area contributed by atoms with E-state index in [1.807, 2.05) is 43.3 Å². The predicted molar refractivity (Wildman–Crippen MR) is 135 cm³/mol. The first-order valence-corrected chi connectivity index (χ1v) is 12.1. The highest BCUT2D eigenvalue weighted by molar-refractivity contribution is 5.95. The molecule has 0 radical (unpaired) electrons. The van der Waals surface area contributed by atoms with Gasteiger partial charge in [-0.15, -0.1) is 0 Å². The second-order valence-electron chi connectivity index (χ2n) is 9.35. The van der Waals surface area contributed by atoms with E-state index in [1.165, 1.54) is 6.07 Å². The Hall–Kier alpha value is -4.20. The van der Waals surface area contributed by atoms with Crippen molar-refractivity contribution in [3.8, 4) is 0 Å².